The minimum absolute atomic E-state index is 0.127. The van der Waals surface area contributed by atoms with Crippen molar-refractivity contribution in [2.24, 2.45) is 11.8 Å². The molecule has 2 amide bonds. The Hall–Kier alpha value is -2.37. The van der Waals surface area contributed by atoms with Gasteiger partial charge in [0.25, 0.3) is 0 Å². The number of ether oxygens (including phenoxy) is 1. The van der Waals surface area contributed by atoms with E-state index in [0.717, 1.165) is 64.7 Å². The molecule has 3 rings (SSSR count). The lowest BCUT2D eigenvalue weighted by molar-refractivity contribution is -0.141. The van der Waals surface area contributed by atoms with Crippen LogP contribution in [0.3, 0.4) is 0 Å². The maximum atomic E-state index is 12.7. The van der Waals surface area contributed by atoms with Gasteiger partial charge in [-0.15, -0.1) is 0 Å². The Bertz CT molecular complexity index is 735. The third-order valence-corrected chi connectivity index (χ3v) is 7.07. The second-order valence-electron chi connectivity index (χ2n) is 9.31. The van der Waals surface area contributed by atoms with Gasteiger partial charge >= 0.3 is 5.97 Å². The van der Waals surface area contributed by atoms with Gasteiger partial charge in [-0.1, -0.05) is 30.3 Å². The Kier molecular flexibility index (Phi) is 9.57. The van der Waals surface area contributed by atoms with Crippen LogP contribution in [0.4, 0.5) is 0 Å². The average molecular weight is 443 g/mol. The van der Waals surface area contributed by atoms with E-state index in [9.17, 15) is 14.4 Å². The third kappa shape index (κ3) is 7.64. The summed E-state index contributed by atoms with van der Waals surface area (Å²) in [5.74, 6) is 1.36. The van der Waals surface area contributed by atoms with Crippen molar-refractivity contribution in [1.29, 1.82) is 0 Å². The number of nitrogens with zero attached hydrogens (tertiary/aromatic N) is 2. The van der Waals surface area contributed by atoms with E-state index >= 15 is 0 Å². The predicted molar refractivity (Wildman–Crippen MR) is 124 cm³/mol. The SMILES string of the molecule is COC(=O)CCCC(=O)N1CCC(CCC(=O)N2CCC(Cc3ccccc3)CC2)CC1. The van der Waals surface area contributed by atoms with E-state index in [4.69, 9.17) is 0 Å². The Morgan fingerprint density at radius 1 is 0.812 bits per heavy atom. The summed E-state index contributed by atoms with van der Waals surface area (Å²) in [6, 6.07) is 10.6. The molecule has 0 bridgehead atoms. The molecule has 0 atom stereocenters. The quantitative estimate of drug-likeness (QED) is 0.545. The van der Waals surface area contributed by atoms with Crippen LogP contribution in [0.15, 0.2) is 30.3 Å². The summed E-state index contributed by atoms with van der Waals surface area (Å²) in [6.45, 7) is 3.30. The highest BCUT2D eigenvalue weighted by Crippen LogP contribution is 2.25. The lowest BCUT2D eigenvalue weighted by Crippen LogP contribution is -2.40. The number of carbonyl (C=O) groups excluding carboxylic acids is 3. The Morgan fingerprint density at radius 2 is 1.38 bits per heavy atom. The van der Waals surface area contributed by atoms with Gasteiger partial charge in [0.1, 0.15) is 0 Å². The molecule has 176 valence electrons. The van der Waals surface area contributed by atoms with Crippen LogP contribution < -0.4 is 0 Å². The zero-order valence-corrected chi connectivity index (χ0v) is 19.5. The molecule has 1 aromatic carbocycles. The smallest absolute Gasteiger partial charge is 0.305 e. The molecular weight excluding hydrogens is 404 g/mol. The molecule has 2 aliphatic rings. The van der Waals surface area contributed by atoms with E-state index in [1.807, 2.05) is 4.90 Å². The Balaban J connectivity index is 1.28. The predicted octanol–water partition coefficient (Wildman–Crippen LogP) is 3.83. The van der Waals surface area contributed by atoms with Crippen LogP contribution in [0, 0.1) is 11.8 Å². The number of methoxy groups -OCH3 is 1. The lowest BCUT2D eigenvalue weighted by atomic mass is 9.89. The van der Waals surface area contributed by atoms with Gasteiger partial charge in [0.2, 0.25) is 11.8 Å². The van der Waals surface area contributed by atoms with E-state index in [1.165, 1.54) is 12.7 Å². The standard InChI is InChI=1S/C26H38N2O4/c1-32-26(31)9-5-8-24(29)27-16-12-21(13-17-27)10-11-25(30)28-18-14-23(15-19-28)20-22-6-3-2-4-7-22/h2-4,6-7,21,23H,5,8-20H2,1H3. The number of hydrogen-bond donors (Lipinski definition) is 0. The van der Waals surface area contributed by atoms with Crippen molar-refractivity contribution < 1.29 is 19.1 Å². The highest BCUT2D eigenvalue weighted by atomic mass is 16.5. The summed E-state index contributed by atoms with van der Waals surface area (Å²) in [6.07, 6.45) is 8.03. The summed E-state index contributed by atoms with van der Waals surface area (Å²) in [4.78, 5) is 40.1. The maximum absolute atomic E-state index is 12.7. The number of piperidine rings is 2. The first-order chi connectivity index (χ1) is 15.5. The fourth-order valence-electron chi connectivity index (χ4n) is 4.93. The molecule has 2 saturated heterocycles. The van der Waals surface area contributed by atoms with Crippen molar-refractivity contribution >= 4 is 17.8 Å². The second-order valence-corrected chi connectivity index (χ2v) is 9.31. The van der Waals surface area contributed by atoms with Crippen LogP contribution in [0.5, 0.6) is 0 Å². The first kappa shape index (κ1) is 24.3. The van der Waals surface area contributed by atoms with Crippen molar-refractivity contribution in [3.8, 4) is 0 Å². The maximum Gasteiger partial charge on any atom is 0.305 e. The van der Waals surface area contributed by atoms with Crippen molar-refractivity contribution in [3.05, 3.63) is 35.9 Å². The normalized spacial score (nSPS) is 17.9. The number of amides is 2. The van der Waals surface area contributed by atoms with Crippen molar-refractivity contribution in [2.75, 3.05) is 33.3 Å². The highest BCUT2D eigenvalue weighted by molar-refractivity contribution is 5.77. The first-order valence-electron chi connectivity index (χ1n) is 12.2. The number of carbonyl (C=O) groups is 3. The Labute approximate surface area is 192 Å². The van der Waals surface area contributed by atoms with Crippen LogP contribution in [-0.4, -0.2) is 60.9 Å². The van der Waals surface area contributed by atoms with E-state index < -0.39 is 0 Å². The monoisotopic (exact) mass is 442 g/mol. The molecule has 0 N–H and O–H groups in total. The van der Waals surface area contributed by atoms with Crippen LogP contribution in [0.1, 0.15) is 63.4 Å². The molecule has 32 heavy (non-hydrogen) atoms. The van der Waals surface area contributed by atoms with Crippen molar-refractivity contribution in [1.82, 2.24) is 9.80 Å². The van der Waals surface area contributed by atoms with Crippen LogP contribution in [-0.2, 0) is 25.5 Å². The van der Waals surface area contributed by atoms with Crippen LogP contribution in [0.2, 0.25) is 0 Å². The van der Waals surface area contributed by atoms with Gasteiger partial charge in [0.15, 0.2) is 0 Å². The molecular formula is C26H38N2O4. The minimum atomic E-state index is -0.262. The fraction of sp³-hybridized carbons (Fsp3) is 0.654. The van der Waals surface area contributed by atoms with Gasteiger partial charge in [0, 0.05) is 45.4 Å². The van der Waals surface area contributed by atoms with Gasteiger partial charge in [-0.2, -0.15) is 0 Å². The molecule has 0 unspecified atom stereocenters. The zero-order chi connectivity index (χ0) is 22.8. The molecule has 2 aliphatic heterocycles. The average Bonchev–Trinajstić information content (AvgIpc) is 2.83. The summed E-state index contributed by atoms with van der Waals surface area (Å²) >= 11 is 0. The van der Waals surface area contributed by atoms with E-state index in [-0.39, 0.29) is 11.9 Å². The van der Waals surface area contributed by atoms with E-state index in [1.54, 1.807) is 0 Å². The van der Waals surface area contributed by atoms with Gasteiger partial charge in [-0.25, -0.2) is 0 Å². The number of hydrogen-bond acceptors (Lipinski definition) is 4. The first-order valence-corrected chi connectivity index (χ1v) is 12.2. The van der Waals surface area contributed by atoms with Gasteiger partial charge < -0.3 is 14.5 Å². The summed E-state index contributed by atoms with van der Waals surface area (Å²) < 4.78 is 4.62. The lowest BCUT2D eigenvalue weighted by Gasteiger charge is -2.34. The molecule has 2 fully saturated rings. The fourth-order valence-corrected chi connectivity index (χ4v) is 4.93. The van der Waals surface area contributed by atoms with Gasteiger partial charge in [0.05, 0.1) is 7.11 Å². The van der Waals surface area contributed by atoms with Crippen LogP contribution in [0.25, 0.3) is 0 Å². The zero-order valence-electron chi connectivity index (χ0n) is 19.5. The molecule has 6 nitrogen and oxygen atoms in total. The molecule has 0 aromatic heterocycles. The molecule has 0 spiro atoms. The molecule has 0 aliphatic carbocycles. The summed E-state index contributed by atoms with van der Waals surface area (Å²) in [5, 5.41) is 0. The van der Waals surface area contributed by atoms with Gasteiger partial charge in [-0.3, -0.25) is 14.4 Å². The molecule has 0 saturated carbocycles. The minimum Gasteiger partial charge on any atom is -0.469 e. The summed E-state index contributed by atoms with van der Waals surface area (Å²) in [5.41, 5.74) is 1.39. The van der Waals surface area contributed by atoms with Crippen molar-refractivity contribution in [3.63, 3.8) is 0 Å². The molecule has 6 heteroatoms. The van der Waals surface area contributed by atoms with Crippen LogP contribution >= 0.6 is 0 Å². The Morgan fingerprint density at radius 3 is 1.97 bits per heavy atom. The molecule has 0 radical (unpaired) electrons. The number of rotatable bonds is 9. The number of likely N-dealkylation sites (tertiary alicyclic amines) is 2. The second kappa shape index (κ2) is 12.6. The van der Waals surface area contributed by atoms with Crippen molar-refractivity contribution in [2.45, 2.75) is 64.2 Å². The van der Waals surface area contributed by atoms with Gasteiger partial charge in [-0.05, 0) is 62.3 Å². The molecule has 1 aromatic rings. The topological polar surface area (TPSA) is 66.9 Å². The largest absolute Gasteiger partial charge is 0.469 e. The van der Waals surface area contributed by atoms with E-state index in [2.05, 4.69) is 40.0 Å². The molecule has 2 heterocycles. The summed E-state index contributed by atoms with van der Waals surface area (Å²) in [7, 11) is 1.37. The number of esters is 1. The third-order valence-electron chi connectivity index (χ3n) is 7.07. The highest BCUT2D eigenvalue weighted by Gasteiger charge is 2.26. The van der Waals surface area contributed by atoms with E-state index in [0.29, 0.717) is 43.4 Å². The number of benzene rings is 1.